The molecule has 4 nitrogen and oxygen atoms in total. The van der Waals surface area contributed by atoms with Gasteiger partial charge in [-0.15, -0.1) is 0 Å². The maximum atomic E-state index is 5.97. The minimum Gasteiger partial charge on any atom is -0.339 e. The molecule has 2 rings (SSSR count). The number of aromatic nitrogens is 2. The van der Waals surface area contributed by atoms with Gasteiger partial charge in [0.15, 0.2) is 0 Å². The Labute approximate surface area is 111 Å². The van der Waals surface area contributed by atoms with Crippen molar-refractivity contribution in [1.82, 2.24) is 10.1 Å². The lowest BCUT2D eigenvalue weighted by atomic mass is 10.0. The molecule has 0 aliphatic rings. The molecule has 2 unspecified atom stereocenters. The predicted octanol–water partition coefficient (Wildman–Crippen LogP) is 3.23. The van der Waals surface area contributed by atoms with E-state index in [9.17, 15) is 0 Å². The van der Waals surface area contributed by atoms with Gasteiger partial charge in [-0.2, -0.15) is 4.98 Å². The number of rotatable bonds is 4. The van der Waals surface area contributed by atoms with Crippen LogP contribution in [-0.2, 0) is 0 Å². The predicted molar refractivity (Wildman–Crippen MR) is 71.4 cm³/mol. The lowest BCUT2D eigenvalue weighted by molar-refractivity contribution is 0.340. The van der Waals surface area contributed by atoms with Crippen LogP contribution in [0, 0.1) is 0 Å². The summed E-state index contributed by atoms with van der Waals surface area (Å²) in [7, 11) is 0. The summed E-state index contributed by atoms with van der Waals surface area (Å²) in [4.78, 5) is 4.38. The molecule has 1 aromatic carbocycles. The second kappa shape index (κ2) is 5.50. The Bertz CT molecular complexity index is 509. The molecule has 0 aliphatic carbocycles. The molecule has 2 N–H and O–H groups in total. The van der Waals surface area contributed by atoms with Crippen molar-refractivity contribution < 1.29 is 4.52 Å². The largest absolute Gasteiger partial charge is 0.339 e. The molecule has 0 bridgehead atoms. The number of hydrogen-bond acceptors (Lipinski definition) is 4. The van der Waals surface area contributed by atoms with Crippen LogP contribution in [0.15, 0.2) is 28.8 Å². The topological polar surface area (TPSA) is 64.9 Å². The molecule has 0 saturated carbocycles. The van der Waals surface area contributed by atoms with Crippen LogP contribution in [0.5, 0.6) is 0 Å². The molecule has 96 valence electrons. The quantitative estimate of drug-likeness (QED) is 0.922. The van der Waals surface area contributed by atoms with Crippen molar-refractivity contribution in [1.29, 1.82) is 0 Å². The Balaban J connectivity index is 2.22. The molecule has 0 fully saturated rings. The van der Waals surface area contributed by atoms with Gasteiger partial charge >= 0.3 is 0 Å². The first kappa shape index (κ1) is 13.1. The first-order chi connectivity index (χ1) is 8.61. The van der Waals surface area contributed by atoms with Gasteiger partial charge in [-0.3, -0.25) is 0 Å². The summed E-state index contributed by atoms with van der Waals surface area (Å²) >= 11 is 5.83. The van der Waals surface area contributed by atoms with E-state index < -0.39 is 0 Å². The van der Waals surface area contributed by atoms with Gasteiger partial charge in [0.2, 0.25) is 11.7 Å². The van der Waals surface area contributed by atoms with Crippen LogP contribution in [0.25, 0.3) is 11.4 Å². The highest BCUT2D eigenvalue weighted by Crippen LogP contribution is 2.23. The second-order valence-corrected chi connectivity index (χ2v) is 4.76. The minimum atomic E-state index is 0.0310. The average Bonchev–Trinajstić information content (AvgIpc) is 2.87. The summed E-state index contributed by atoms with van der Waals surface area (Å²) in [5.74, 6) is 1.20. The molecule has 5 heteroatoms. The third-order valence-electron chi connectivity index (χ3n) is 3.05. The van der Waals surface area contributed by atoms with E-state index in [1.165, 1.54) is 0 Å². The van der Waals surface area contributed by atoms with Crippen molar-refractivity contribution >= 4 is 11.6 Å². The fourth-order valence-electron chi connectivity index (χ4n) is 1.67. The fourth-order valence-corrected chi connectivity index (χ4v) is 1.80. The van der Waals surface area contributed by atoms with E-state index in [1.54, 1.807) is 12.1 Å². The summed E-state index contributed by atoms with van der Waals surface area (Å²) in [6.07, 6.45) is 0.875. The molecular weight excluding hydrogens is 250 g/mol. The number of nitrogens with zero attached hydrogens (tertiary/aromatic N) is 2. The van der Waals surface area contributed by atoms with E-state index in [4.69, 9.17) is 21.9 Å². The zero-order chi connectivity index (χ0) is 13.1. The zero-order valence-corrected chi connectivity index (χ0v) is 11.2. The monoisotopic (exact) mass is 265 g/mol. The molecule has 0 radical (unpaired) electrons. The van der Waals surface area contributed by atoms with Gasteiger partial charge in [0, 0.05) is 16.6 Å². The van der Waals surface area contributed by atoms with Gasteiger partial charge < -0.3 is 10.3 Å². The van der Waals surface area contributed by atoms with Crippen LogP contribution >= 0.6 is 11.6 Å². The van der Waals surface area contributed by atoms with Crippen molar-refractivity contribution in [3.05, 3.63) is 35.2 Å². The highest BCUT2D eigenvalue weighted by Gasteiger charge is 2.20. The van der Waals surface area contributed by atoms with E-state index in [0.29, 0.717) is 16.7 Å². The van der Waals surface area contributed by atoms with Gasteiger partial charge in [0.1, 0.15) is 0 Å². The van der Waals surface area contributed by atoms with Crippen molar-refractivity contribution in [3.63, 3.8) is 0 Å². The molecule has 1 heterocycles. The molecule has 1 aromatic heterocycles. The lowest BCUT2D eigenvalue weighted by Crippen LogP contribution is -2.25. The average molecular weight is 266 g/mol. The Hall–Kier alpha value is -1.39. The number of benzene rings is 1. The summed E-state index contributed by atoms with van der Waals surface area (Å²) in [6.45, 7) is 4.03. The molecule has 18 heavy (non-hydrogen) atoms. The van der Waals surface area contributed by atoms with Crippen LogP contribution in [0.1, 0.15) is 32.1 Å². The van der Waals surface area contributed by atoms with Crippen LogP contribution in [-0.4, -0.2) is 16.2 Å². The van der Waals surface area contributed by atoms with E-state index in [2.05, 4.69) is 10.1 Å². The lowest BCUT2D eigenvalue weighted by Gasteiger charge is -2.13. The minimum absolute atomic E-state index is 0.0310. The van der Waals surface area contributed by atoms with Crippen LogP contribution in [0.4, 0.5) is 0 Å². The molecule has 0 aliphatic heterocycles. The van der Waals surface area contributed by atoms with E-state index in [-0.39, 0.29) is 12.0 Å². The number of hydrogen-bond donors (Lipinski definition) is 1. The third kappa shape index (κ3) is 2.71. The van der Waals surface area contributed by atoms with Gasteiger partial charge in [-0.05, 0) is 30.7 Å². The summed E-state index contributed by atoms with van der Waals surface area (Å²) < 4.78 is 5.26. The van der Waals surface area contributed by atoms with E-state index in [0.717, 1.165) is 12.0 Å². The van der Waals surface area contributed by atoms with Gasteiger partial charge in [0.25, 0.3) is 0 Å². The number of halogens is 1. The van der Waals surface area contributed by atoms with Gasteiger partial charge in [-0.1, -0.05) is 30.6 Å². The summed E-state index contributed by atoms with van der Waals surface area (Å²) in [5, 5.41) is 4.65. The Morgan fingerprint density at radius 3 is 2.61 bits per heavy atom. The van der Waals surface area contributed by atoms with Crippen molar-refractivity contribution in [2.24, 2.45) is 5.73 Å². The van der Waals surface area contributed by atoms with Crippen molar-refractivity contribution in [3.8, 4) is 11.4 Å². The summed E-state index contributed by atoms with van der Waals surface area (Å²) in [6, 6.07) is 7.36. The van der Waals surface area contributed by atoms with Gasteiger partial charge in [0.05, 0.1) is 5.92 Å². The summed E-state index contributed by atoms with van der Waals surface area (Å²) in [5.41, 5.74) is 6.85. The van der Waals surface area contributed by atoms with Crippen molar-refractivity contribution in [2.75, 3.05) is 0 Å². The normalized spacial score (nSPS) is 14.4. The number of nitrogens with two attached hydrogens (primary N) is 1. The Kier molecular flexibility index (Phi) is 3.99. The van der Waals surface area contributed by atoms with E-state index >= 15 is 0 Å². The van der Waals surface area contributed by atoms with Crippen molar-refractivity contribution in [2.45, 2.75) is 32.2 Å². The SMILES string of the molecule is CCC(N)C(C)c1nc(-c2ccc(Cl)cc2)no1. The van der Waals surface area contributed by atoms with Crippen LogP contribution in [0.3, 0.4) is 0 Å². The molecule has 0 saturated heterocycles. The molecule has 0 spiro atoms. The van der Waals surface area contributed by atoms with Gasteiger partial charge in [-0.25, -0.2) is 0 Å². The third-order valence-corrected chi connectivity index (χ3v) is 3.30. The molecule has 2 atom stereocenters. The molecule has 0 amide bonds. The smallest absolute Gasteiger partial charge is 0.231 e. The zero-order valence-electron chi connectivity index (χ0n) is 10.4. The van der Waals surface area contributed by atoms with Crippen LogP contribution in [0.2, 0.25) is 5.02 Å². The standard InChI is InChI=1S/C13H16ClN3O/c1-3-11(15)8(2)13-16-12(17-18-13)9-4-6-10(14)7-5-9/h4-8,11H,3,15H2,1-2H3. The van der Waals surface area contributed by atoms with Crippen LogP contribution < -0.4 is 5.73 Å². The maximum Gasteiger partial charge on any atom is 0.231 e. The van der Waals surface area contributed by atoms with E-state index in [1.807, 2.05) is 26.0 Å². The first-order valence-corrected chi connectivity index (χ1v) is 6.34. The highest BCUT2D eigenvalue weighted by molar-refractivity contribution is 6.30. The maximum absolute atomic E-state index is 5.97. The second-order valence-electron chi connectivity index (χ2n) is 4.32. The first-order valence-electron chi connectivity index (χ1n) is 5.97. The Morgan fingerprint density at radius 1 is 1.33 bits per heavy atom. The Morgan fingerprint density at radius 2 is 2.00 bits per heavy atom. The molecule has 2 aromatic rings. The molecular formula is C13H16ClN3O. The fraction of sp³-hybridized carbons (Fsp3) is 0.385. The highest BCUT2D eigenvalue weighted by atomic mass is 35.5.